The summed E-state index contributed by atoms with van der Waals surface area (Å²) in [6.07, 6.45) is 1.71. The van der Waals surface area contributed by atoms with Gasteiger partial charge < -0.3 is 5.32 Å². The van der Waals surface area contributed by atoms with Crippen molar-refractivity contribution in [2.75, 3.05) is 5.32 Å². The van der Waals surface area contributed by atoms with E-state index in [4.69, 9.17) is 0 Å². The van der Waals surface area contributed by atoms with Gasteiger partial charge in [-0.2, -0.15) is 0 Å². The fourth-order valence-corrected chi connectivity index (χ4v) is 1.88. The molecule has 0 fully saturated rings. The smallest absolute Gasteiger partial charge is 0.129 e. The molecule has 1 aromatic heterocycles. The van der Waals surface area contributed by atoms with Gasteiger partial charge in [0.25, 0.3) is 0 Å². The summed E-state index contributed by atoms with van der Waals surface area (Å²) in [6, 6.07) is 5.52. The van der Waals surface area contributed by atoms with Crippen molar-refractivity contribution in [2.24, 2.45) is 0 Å². The summed E-state index contributed by atoms with van der Waals surface area (Å²) in [5, 5.41) is 3.20. The number of hydrogen-bond donors (Lipinski definition) is 1. The minimum atomic E-state index is -0.128. The Morgan fingerprint density at radius 2 is 1.83 bits per heavy atom. The van der Waals surface area contributed by atoms with E-state index in [0.29, 0.717) is 17.7 Å². The standard InChI is InChI=1S/C14H16FN3/c1-9-6-12(7-10(2)14(9)15)8-17-13-4-5-16-11(3)18-13/h4-7H,8H2,1-3H3,(H,16,17,18). The van der Waals surface area contributed by atoms with Gasteiger partial charge in [0.1, 0.15) is 17.5 Å². The van der Waals surface area contributed by atoms with Gasteiger partial charge in [0.15, 0.2) is 0 Å². The van der Waals surface area contributed by atoms with Crippen LogP contribution in [-0.4, -0.2) is 9.97 Å². The third-order valence-corrected chi connectivity index (χ3v) is 2.75. The summed E-state index contributed by atoms with van der Waals surface area (Å²) >= 11 is 0. The Labute approximate surface area is 106 Å². The van der Waals surface area contributed by atoms with Crippen LogP contribution in [0.25, 0.3) is 0 Å². The molecular weight excluding hydrogens is 229 g/mol. The lowest BCUT2D eigenvalue weighted by molar-refractivity contribution is 0.608. The number of benzene rings is 1. The number of anilines is 1. The summed E-state index contributed by atoms with van der Waals surface area (Å²) in [5.74, 6) is 1.38. The summed E-state index contributed by atoms with van der Waals surface area (Å²) in [7, 11) is 0. The van der Waals surface area contributed by atoms with E-state index < -0.39 is 0 Å². The van der Waals surface area contributed by atoms with Crippen LogP contribution in [0.5, 0.6) is 0 Å². The van der Waals surface area contributed by atoms with Gasteiger partial charge in [-0.05, 0) is 43.5 Å². The Balaban J connectivity index is 2.11. The summed E-state index contributed by atoms with van der Waals surface area (Å²) < 4.78 is 13.5. The molecule has 0 bridgehead atoms. The van der Waals surface area contributed by atoms with Crippen molar-refractivity contribution < 1.29 is 4.39 Å². The molecule has 0 amide bonds. The molecule has 3 nitrogen and oxygen atoms in total. The number of aromatic nitrogens is 2. The zero-order chi connectivity index (χ0) is 13.1. The highest BCUT2D eigenvalue weighted by atomic mass is 19.1. The number of hydrogen-bond acceptors (Lipinski definition) is 3. The predicted molar refractivity (Wildman–Crippen MR) is 70.0 cm³/mol. The van der Waals surface area contributed by atoms with E-state index in [0.717, 1.165) is 17.2 Å². The number of aryl methyl sites for hydroxylation is 3. The molecule has 94 valence electrons. The quantitative estimate of drug-likeness (QED) is 0.902. The maximum Gasteiger partial charge on any atom is 0.129 e. The van der Waals surface area contributed by atoms with Gasteiger partial charge in [-0.15, -0.1) is 0 Å². The first kappa shape index (κ1) is 12.5. The van der Waals surface area contributed by atoms with E-state index in [1.54, 1.807) is 20.0 Å². The lowest BCUT2D eigenvalue weighted by atomic mass is 10.1. The number of halogens is 1. The van der Waals surface area contributed by atoms with Crippen LogP contribution in [0.1, 0.15) is 22.5 Å². The van der Waals surface area contributed by atoms with Crippen molar-refractivity contribution in [2.45, 2.75) is 27.3 Å². The first-order valence-electron chi connectivity index (χ1n) is 5.85. The Hall–Kier alpha value is -1.97. The molecule has 0 aliphatic heterocycles. The van der Waals surface area contributed by atoms with Crippen LogP contribution in [0.15, 0.2) is 24.4 Å². The van der Waals surface area contributed by atoms with Crippen LogP contribution >= 0.6 is 0 Å². The lowest BCUT2D eigenvalue weighted by Crippen LogP contribution is -2.04. The molecule has 0 aliphatic carbocycles. The molecule has 0 saturated carbocycles. The molecule has 0 radical (unpaired) electrons. The maximum absolute atomic E-state index is 13.5. The summed E-state index contributed by atoms with van der Waals surface area (Å²) in [6.45, 7) is 6.02. The van der Waals surface area contributed by atoms with Gasteiger partial charge in [0, 0.05) is 12.7 Å². The van der Waals surface area contributed by atoms with Crippen LogP contribution in [0.4, 0.5) is 10.2 Å². The van der Waals surface area contributed by atoms with Crippen LogP contribution in [0.3, 0.4) is 0 Å². The van der Waals surface area contributed by atoms with Gasteiger partial charge in [-0.1, -0.05) is 12.1 Å². The summed E-state index contributed by atoms with van der Waals surface area (Å²) in [4.78, 5) is 8.29. The van der Waals surface area contributed by atoms with Gasteiger partial charge in [-0.3, -0.25) is 0 Å². The molecule has 1 aromatic carbocycles. The Morgan fingerprint density at radius 1 is 1.17 bits per heavy atom. The van der Waals surface area contributed by atoms with E-state index in [1.165, 1.54) is 0 Å². The van der Waals surface area contributed by atoms with Crippen molar-refractivity contribution in [1.29, 1.82) is 0 Å². The van der Waals surface area contributed by atoms with E-state index in [1.807, 2.05) is 25.1 Å². The first-order chi connectivity index (χ1) is 8.56. The minimum absolute atomic E-state index is 0.128. The lowest BCUT2D eigenvalue weighted by Gasteiger charge is -2.09. The molecule has 0 unspecified atom stereocenters. The third-order valence-electron chi connectivity index (χ3n) is 2.75. The molecule has 0 saturated heterocycles. The van der Waals surface area contributed by atoms with E-state index in [2.05, 4.69) is 15.3 Å². The molecular formula is C14H16FN3. The molecule has 0 spiro atoms. The second-order valence-corrected chi connectivity index (χ2v) is 4.39. The minimum Gasteiger partial charge on any atom is -0.366 e. The normalized spacial score (nSPS) is 10.4. The van der Waals surface area contributed by atoms with Crippen molar-refractivity contribution in [3.05, 3.63) is 52.7 Å². The van der Waals surface area contributed by atoms with E-state index in [-0.39, 0.29) is 5.82 Å². The second-order valence-electron chi connectivity index (χ2n) is 4.39. The maximum atomic E-state index is 13.5. The highest BCUT2D eigenvalue weighted by molar-refractivity contribution is 5.37. The molecule has 2 rings (SSSR count). The number of rotatable bonds is 3. The Kier molecular flexibility index (Phi) is 3.55. The summed E-state index contributed by atoms with van der Waals surface area (Å²) in [5.41, 5.74) is 2.39. The van der Waals surface area contributed by atoms with Gasteiger partial charge in [0.2, 0.25) is 0 Å². The molecule has 0 aliphatic rings. The fourth-order valence-electron chi connectivity index (χ4n) is 1.88. The predicted octanol–water partition coefficient (Wildman–Crippen LogP) is 3.15. The first-order valence-corrected chi connectivity index (χ1v) is 5.85. The Bertz CT molecular complexity index is 544. The third kappa shape index (κ3) is 2.83. The van der Waals surface area contributed by atoms with E-state index in [9.17, 15) is 4.39 Å². The molecule has 2 aromatic rings. The van der Waals surface area contributed by atoms with Crippen molar-refractivity contribution in [3.63, 3.8) is 0 Å². The number of nitrogens with one attached hydrogen (secondary N) is 1. The average Bonchev–Trinajstić information content (AvgIpc) is 2.33. The van der Waals surface area contributed by atoms with E-state index >= 15 is 0 Å². The second kappa shape index (κ2) is 5.12. The van der Waals surface area contributed by atoms with Crippen molar-refractivity contribution >= 4 is 5.82 Å². The monoisotopic (exact) mass is 245 g/mol. The topological polar surface area (TPSA) is 37.8 Å². The van der Waals surface area contributed by atoms with Crippen LogP contribution in [0.2, 0.25) is 0 Å². The van der Waals surface area contributed by atoms with Crippen LogP contribution in [-0.2, 0) is 6.54 Å². The van der Waals surface area contributed by atoms with Gasteiger partial charge >= 0.3 is 0 Å². The average molecular weight is 245 g/mol. The van der Waals surface area contributed by atoms with Crippen molar-refractivity contribution in [3.8, 4) is 0 Å². The Morgan fingerprint density at radius 3 is 2.44 bits per heavy atom. The zero-order valence-electron chi connectivity index (χ0n) is 10.8. The zero-order valence-corrected chi connectivity index (χ0v) is 10.8. The molecule has 1 N–H and O–H groups in total. The SMILES string of the molecule is Cc1nccc(NCc2cc(C)c(F)c(C)c2)n1. The van der Waals surface area contributed by atoms with Crippen molar-refractivity contribution in [1.82, 2.24) is 9.97 Å². The molecule has 0 atom stereocenters. The largest absolute Gasteiger partial charge is 0.366 e. The van der Waals surface area contributed by atoms with Gasteiger partial charge in [-0.25, -0.2) is 14.4 Å². The molecule has 1 heterocycles. The van der Waals surface area contributed by atoms with Crippen LogP contribution < -0.4 is 5.32 Å². The number of nitrogens with zero attached hydrogens (tertiary/aromatic N) is 2. The molecule has 18 heavy (non-hydrogen) atoms. The van der Waals surface area contributed by atoms with Gasteiger partial charge in [0.05, 0.1) is 0 Å². The fraction of sp³-hybridized carbons (Fsp3) is 0.286. The highest BCUT2D eigenvalue weighted by Gasteiger charge is 2.04. The van der Waals surface area contributed by atoms with Crippen LogP contribution in [0, 0.1) is 26.6 Å². The molecule has 4 heteroatoms. The highest BCUT2D eigenvalue weighted by Crippen LogP contribution is 2.15.